The van der Waals surface area contributed by atoms with Gasteiger partial charge in [0.25, 0.3) is 0 Å². The van der Waals surface area contributed by atoms with Crippen molar-refractivity contribution in [3.8, 4) is 0 Å². The third-order valence-electron chi connectivity index (χ3n) is 4.29. The number of anilines is 1. The Hall–Kier alpha value is -1.59. The molecule has 21 heavy (non-hydrogen) atoms. The standard InChI is InChI=1S/C16H24N4O/c17-16(21)15(18-13-6-7-13)12-19-8-10-20(11-9-19)14-4-2-1-3-5-14/h1-5,13,15,18H,6-12H2,(H2,17,21). The number of nitrogens with one attached hydrogen (secondary N) is 1. The van der Waals surface area contributed by atoms with Gasteiger partial charge < -0.3 is 16.0 Å². The molecule has 0 spiro atoms. The molecule has 1 saturated heterocycles. The lowest BCUT2D eigenvalue weighted by Crippen LogP contribution is -2.54. The molecular formula is C16H24N4O. The molecule has 5 nitrogen and oxygen atoms in total. The van der Waals surface area contributed by atoms with Gasteiger partial charge in [0.15, 0.2) is 0 Å². The van der Waals surface area contributed by atoms with E-state index in [1.165, 1.54) is 18.5 Å². The fourth-order valence-corrected chi connectivity index (χ4v) is 2.84. The van der Waals surface area contributed by atoms with E-state index in [4.69, 9.17) is 5.73 Å². The first kappa shape index (κ1) is 14.4. The van der Waals surface area contributed by atoms with Crippen LogP contribution in [0.1, 0.15) is 12.8 Å². The van der Waals surface area contributed by atoms with E-state index in [0.717, 1.165) is 32.7 Å². The summed E-state index contributed by atoms with van der Waals surface area (Å²) >= 11 is 0. The number of nitrogens with zero attached hydrogens (tertiary/aromatic N) is 2. The zero-order valence-electron chi connectivity index (χ0n) is 12.4. The third kappa shape index (κ3) is 3.95. The summed E-state index contributed by atoms with van der Waals surface area (Å²) < 4.78 is 0. The van der Waals surface area contributed by atoms with E-state index in [-0.39, 0.29) is 11.9 Å². The van der Waals surface area contributed by atoms with Crippen LogP contribution >= 0.6 is 0 Å². The molecule has 1 aromatic carbocycles. The Bertz CT molecular complexity index is 466. The lowest BCUT2D eigenvalue weighted by atomic mass is 10.2. The van der Waals surface area contributed by atoms with E-state index in [1.54, 1.807) is 0 Å². The number of amides is 1. The van der Waals surface area contributed by atoms with Crippen molar-refractivity contribution in [2.45, 2.75) is 24.9 Å². The second kappa shape index (κ2) is 6.45. The van der Waals surface area contributed by atoms with Gasteiger partial charge in [-0.15, -0.1) is 0 Å². The Labute approximate surface area is 126 Å². The number of hydrogen-bond acceptors (Lipinski definition) is 4. The summed E-state index contributed by atoms with van der Waals surface area (Å²) in [5.41, 5.74) is 6.79. The van der Waals surface area contributed by atoms with Crippen molar-refractivity contribution in [1.82, 2.24) is 10.2 Å². The molecule has 3 N–H and O–H groups in total. The average molecular weight is 288 g/mol. The van der Waals surface area contributed by atoms with Gasteiger partial charge in [0.05, 0.1) is 6.04 Å². The number of carbonyl (C=O) groups excluding carboxylic acids is 1. The summed E-state index contributed by atoms with van der Waals surface area (Å²) in [6.45, 7) is 4.68. The molecular weight excluding hydrogens is 264 g/mol. The van der Waals surface area contributed by atoms with E-state index >= 15 is 0 Å². The largest absolute Gasteiger partial charge is 0.369 e. The van der Waals surface area contributed by atoms with Gasteiger partial charge in [-0.05, 0) is 25.0 Å². The minimum absolute atomic E-state index is 0.208. The molecule has 0 aromatic heterocycles. The molecule has 1 amide bonds. The number of para-hydroxylation sites is 1. The number of rotatable bonds is 6. The molecule has 0 radical (unpaired) electrons. The summed E-state index contributed by atoms with van der Waals surface area (Å²) in [5, 5.41) is 3.35. The van der Waals surface area contributed by atoms with Crippen LogP contribution < -0.4 is 16.0 Å². The maximum atomic E-state index is 11.5. The Morgan fingerprint density at radius 1 is 1.19 bits per heavy atom. The quantitative estimate of drug-likeness (QED) is 0.796. The van der Waals surface area contributed by atoms with Gasteiger partial charge >= 0.3 is 0 Å². The van der Waals surface area contributed by atoms with E-state index in [2.05, 4.69) is 39.4 Å². The van der Waals surface area contributed by atoms with Crippen LogP contribution in [0.5, 0.6) is 0 Å². The molecule has 1 aliphatic carbocycles. The molecule has 2 aliphatic rings. The van der Waals surface area contributed by atoms with Gasteiger partial charge in [-0.25, -0.2) is 0 Å². The normalized spacial score (nSPS) is 21.2. The molecule has 1 atom stereocenters. The second-order valence-electron chi connectivity index (χ2n) is 6.02. The Balaban J connectivity index is 1.49. The van der Waals surface area contributed by atoms with Crippen molar-refractivity contribution >= 4 is 11.6 Å². The maximum absolute atomic E-state index is 11.5. The van der Waals surface area contributed by atoms with Gasteiger partial charge in [-0.2, -0.15) is 0 Å². The van der Waals surface area contributed by atoms with Crippen molar-refractivity contribution in [2.75, 3.05) is 37.6 Å². The van der Waals surface area contributed by atoms with Gasteiger partial charge in [0.1, 0.15) is 0 Å². The van der Waals surface area contributed by atoms with Crippen LogP contribution in [0.3, 0.4) is 0 Å². The molecule has 1 saturated carbocycles. The fraction of sp³-hybridized carbons (Fsp3) is 0.562. The second-order valence-corrected chi connectivity index (χ2v) is 6.02. The van der Waals surface area contributed by atoms with Crippen LogP contribution in [-0.4, -0.2) is 55.6 Å². The molecule has 5 heteroatoms. The zero-order chi connectivity index (χ0) is 14.7. The van der Waals surface area contributed by atoms with Crippen molar-refractivity contribution < 1.29 is 4.79 Å². The smallest absolute Gasteiger partial charge is 0.235 e. The van der Waals surface area contributed by atoms with E-state index in [9.17, 15) is 4.79 Å². The average Bonchev–Trinajstić information content (AvgIpc) is 3.32. The van der Waals surface area contributed by atoms with Crippen molar-refractivity contribution in [1.29, 1.82) is 0 Å². The predicted molar refractivity (Wildman–Crippen MR) is 84.2 cm³/mol. The zero-order valence-corrected chi connectivity index (χ0v) is 12.4. The molecule has 1 aliphatic heterocycles. The first-order chi connectivity index (χ1) is 10.2. The molecule has 114 valence electrons. The summed E-state index contributed by atoms with van der Waals surface area (Å²) in [5.74, 6) is -0.229. The Morgan fingerprint density at radius 2 is 1.86 bits per heavy atom. The summed E-state index contributed by atoms with van der Waals surface area (Å²) in [4.78, 5) is 16.3. The van der Waals surface area contributed by atoms with Gasteiger partial charge in [-0.1, -0.05) is 18.2 Å². The highest BCUT2D eigenvalue weighted by Gasteiger charge is 2.29. The fourth-order valence-electron chi connectivity index (χ4n) is 2.84. The number of piperazine rings is 1. The molecule has 1 heterocycles. The van der Waals surface area contributed by atoms with E-state index < -0.39 is 0 Å². The van der Waals surface area contributed by atoms with Crippen LogP contribution in [0.4, 0.5) is 5.69 Å². The number of primary amides is 1. The van der Waals surface area contributed by atoms with Crippen molar-refractivity contribution in [3.05, 3.63) is 30.3 Å². The molecule has 1 aromatic rings. The predicted octanol–water partition coefficient (Wildman–Crippen LogP) is 0.414. The van der Waals surface area contributed by atoms with E-state index in [0.29, 0.717) is 6.04 Å². The van der Waals surface area contributed by atoms with Gasteiger partial charge in [0.2, 0.25) is 5.91 Å². The summed E-state index contributed by atoms with van der Waals surface area (Å²) in [6.07, 6.45) is 2.34. The van der Waals surface area contributed by atoms with Gasteiger partial charge in [-0.3, -0.25) is 9.69 Å². The maximum Gasteiger partial charge on any atom is 0.235 e. The highest BCUT2D eigenvalue weighted by Crippen LogP contribution is 2.20. The van der Waals surface area contributed by atoms with Gasteiger partial charge in [0, 0.05) is 44.5 Å². The first-order valence-corrected chi connectivity index (χ1v) is 7.80. The Kier molecular flexibility index (Phi) is 4.41. The van der Waals surface area contributed by atoms with Crippen LogP contribution in [0.25, 0.3) is 0 Å². The molecule has 0 bridgehead atoms. The van der Waals surface area contributed by atoms with Crippen molar-refractivity contribution in [3.63, 3.8) is 0 Å². The topological polar surface area (TPSA) is 61.6 Å². The minimum atomic E-state index is -0.229. The monoisotopic (exact) mass is 288 g/mol. The number of benzene rings is 1. The van der Waals surface area contributed by atoms with Crippen LogP contribution in [0.2, 0.25) is 0 Å². The lowest BCUT2D eigenvalue weighted by Gasteiger charge is -2.37. The minimum Gasteiger partial charge on any atom is -0.369 e. The highest BCUT2D eigenvalue weighted by molar-refractivity contribution is 5.80. The van der Waals surface area contributed by atoms with Crippen LogP contribution in [0, 0.1) is 0 Å². The first-order valence-electron chi connectivity index (χ1n) is 7.80. The summed E-state index contributed by atoms with van der Waals surface area (Å²) in [6, 6.07) is 10.8. The lowest BCUT2D eigenvalue weighted by molar-refractivity contribution is -0.120. The number of nitrogens with two attached hydrogens (primary N) is 1. The van der Waals surface area contributed by atoms with E-state index in [1.807, 2.05) is 6.07 Å². The number of hydrogen-bond donors (Lipinski definition) is 2. The van der Waals surface area contributed by atoms with Crippen LogP contribution in [0.15, 0.2) is 30.3 Å². The molecule has 3 rings (SSSR count). The highest BCUT2D eigenvalue weighted by atomic mass is 16.1. The summed E-state index contributed by atoms with van der Waals surface area (Å²) in [7, 11) is 0. The Morgan fingerprint density at radius 3 is 2.43 bits per heavy atom. The number of carbonyl (C=O) groups is 1. The van der Waals surface area contributed by atoms with Crippen molar-refractivity contribution in [2.24, 2.45) is 5.73 Å². The SMILES string of the molecule is NC(=O)C(CN1CCN(c2ccccc2)CC1)NC1CC1. The molecule has 1 unspecified atom stereocenters. The molecule has 2 fully saturated rings. The van der Waals surface area contributed by atoms with Crippen LogP contribution in [-0.2, 0) is 4.79 Å². The third-order valence-corrected chi connectivity index (χ3v) is 4.29.